The van der Waals surface area contributed by atoms with Gasteiger partial charge in [-0.3, -0.25) is 4.79 Å². The third-order valence-corrected chi connectivity index (χ3v) is 6.47. The van der Waals surface area contributed by atoms with Crippen LogP contribution in [0, 0.1) is 20.8 Å². The topological polar surface area (TPSA) is 65.4 Å². The number of benzene rings is 3. The van der Waals surface area contributed by atoms with Crippen molar-refractivity contribution in [3.05, 3.63) is 88.2 Å². The average Bonchev–Trinajstić information content (AvgIpc) is 3.22. The average molecular weight is 506 g/mol. The highest BCUT2D eigenvalue weighted by molar-refractivity contribution is 6.31. The summed E-state index contributed by atoms with van der Waals surface area (Å²) in [4.78, 5) is 17.1. The van der Waals surface area contributed by atoms with Gasteiger partial charge in [-0.2, -0.15) is 0 Å². The summed E-state index contributed by atoms with van der Waals surface area (Å²) in [6, 6.07) is 19.8. The van der Waals surface area contributed by atoms with E-state index in [4.69, 9.17) is 26.1 Å². The summed E-state index contributed by atoms with van der Waals surface area (Å²) in [5.41, 5.74) is 5.15. The Labute approximate surface area is 217 Å². The fraction of sp³-hybridized carbons (Fsp3) is 0.310. The largest absolute Gasteiger partial charge is 0.492 e. The highest BCUT2D eigenvalue weighted by Crippen LogP contribution is 2.22. The zero-order valence-electron chi connectivity index (χ0n) is 21.0. The Hall–Kier alpha value is -3.51. The van der Waals surface area contributed by atoms with Crippen LogP contribution in [0.4, 0.5) is 0 Å². The smallest absolute Gasteiger partial charge is 0.257 e. The molecule has 3 aromatic carbocycles. The highest BCUT2D eigenvalue weighted by Gasteiger charge is 2.11. The van der Waals surface area contributed by atoms with Crippen molar-refractivity contribution in [2.75, 3.05) is 19.8 Å². The number of hydrogen-bond acceptors (Lipinski definition) is 4. The number of hydrogen-bond donors (Lipinski definition) is 1. The number of amides is 1. The second kappa shape index (κ2) is 12.0. The lowest BCUT2D eigenvalue weighted by atomic mass is 10.1. The first-order valence-electron chi connectivity index (χ1n) is 12.2. The molecule has 0 spiro atoms. The molecule has 0 bridgehead atoms. The quantitative estimate of drug-likeness (QED) is 0.261. The monoisotopic (exact) mass is 505 g/mol. The van der Waals surface area contributed by atoms with Gasteiger partial charge in [0.1, 0.15) is 23.9 Å². The number of rotatable bonds is 11. The van der Waals surface area contributed by atoms with Crippen molar-refractivity contribution < 1.29 is 14.3 Å². The molecule has 188 valence electrons. The standard InChI is InChI=1S/C29H32ClN3O3/c1-20-10-11-21(2)27(17-20)36-19-29(34)31-14-6-9-28-32-25-7-4-5-8-26(25)33(28)15-16-35-23-12-13-24(30)22(3)18-23/h4-5,7-8,10-13,17-18H,6,9,14-16,19H2,1-3H3,(H,31,34). The molecule has 0 radical (unpaired) electrons. The lowest BCUT2D eigenvalue weighted by Gasteiger charge is -2.12. The van der Waals surface area contributed by atoms with E-state index in [2.05, 4.69) is 16.0 Å². The molecule has 6 nitrogen and oxygen atoms in total. The second-order valence-corrected chi connectivity index (χ2v) is 9.35. The molecule has 0 fully saturated rings. The number of halogens is 1. The van der Waals surface area contributed by atoms with Crippen molar-refractivity contribution in [1.82, 2.24) is 14.9 Å². The zero-order valence-corrected chi connectivity index (χ0v) is 21.8. The lowest BCUT2D eigenvalue weighted by Crippen LogP contribution is -2.30. The minimum atomic E-state index is -0.129. The molecule has 1 heterocycles. The summed E-state index contributed by atoms with van der Waals surface area (Å²) in [6.45, 7) is 7.69. The molecule has 4 rings (SSSR count). The van der Waals surface area contributed by atoms with Gasteiger partial charge in [0.25, 0.3) is 5.91 Å². The van der Waals surface area contributed by atoms with Crippen LogP contribution >= 0.6 is 11.6 Å². The van der Waals surface area contributed by atoms with Crippen LogP contribution in [0.15, 0.2) is 60.7 Å². The van der Waals surface area contributed by atoms with Crippen LogP contribution < -0.4 is 14.8 Å². The minimum Gasteiger partial charge on any atom is -0.492 e. The van der Waals surface area contributed by atoms with E-state index in [0.717, 1.165) is 62.9 Å². The van der Waals surface area contributed by atoms with E-state index in [0.29, 0.717) is 19.7 Å². The molecule has 7 heteroatoms. The van der Waals surface area contributed by atoms with E-state index in [1.165, 1.54) is 0 Å². The van der Waals surface area contributed by atoms with Crippen LogP contribution in [-0.4, -0.2) is 35.2 Å². The molecule has 36 heavy (non-hydrogen) atoms. The first kappa shape index (κ1) is 25.6. The molecule has 0 atom stereocenters. The second-order valence-electron chi connectivity index (χ2n) is 8.94. The van der Waals surface area contributed by atoms with Gasteiger partial charge in [-0.25, -0.2) is 4.98 Å². The zero-order chi connectivity index (χ0) is 25.5. The number of nitrogens with zero attached hydrogens (tertiary/aromatic N) is 2. The van der Waals surface area contributed by atoms with E-state index < -0.39 is 0 Å². The molecule has 1 amide bonds. The van der Waals surface area contributed by atoms with Gasteiger partial charge in [-0.1, -0.05) is 35.9 Å². The number of aryl methyl sites for hydroxylation is 4. The summed E-state index contributed by atoms with van der Waals surface area (Å²) in [5.74, 6) is 2.40. The highest BCUT2D eigenvalue weighted by atomic mass is 35.5. The fourth-order valence-electron chi connectivity index (χ4n) is 4.06. The van der Waals surface area contributed by atoms with Crippen LogP contribution in [0.1, 0.15) is 28.9 Å². The molecule has 0 saturated heterocycles. The van der Waals surface area contributed by atoms with Crippen molar-refractivity contribution in [2.45, 2.75) is 40.2 Å². The molecule has 0 unspecified atom stereocenters. The number of carbonyl (C=O) groups is 1. The van der Waals surface area contributed by atoms with Crippen molar-refractivity contribution in [3.63, 3.8) is 0 Å². The van der Waals surface area contributed by atoms with Gasteiger partial charge in [0.15, 0.2) is 6.61 Å². The maximum Gasteiger partial charge on any atom is 0.257 e. The molecule has 1 aromatic heterocycles. The van der Waals surface area contributed by atoms with Gasteiger partial charge < -0.3 is 19.4 Å². The Morgan fingerprint density at radius 1 is 1.00 bits per heavy atom. The van der Waals surface area contributed by atoms with Gasteiger partial charge in [-0.05, 0) is 80.3 Å². The summed E-state index contributed by atoms with van der Waals surface area (Å²) in [6.07, 6.45) is 1.52. The Balaban J connectivity index is 1.29. The van der Waals surface area contributed by atoms with Crippen LogP contribution in [0.3, 0.4) is 0 Å². The number of nitrogens with one attached hydrogen (secondary N) is 1. The van der Waals surface area contributed by atoms with Gasteiger partial charge >= 0.3 is 0 Å². The molecule has 4 aromatic rings. The number of ether oxygens (including phenoxy) is 2. The molecule has 1 N–H and O–H groups in total. The minimum absolute atomic E-state index is 0.00428. The number of fused-ring (bicyclic) bond motifs is 1. The van der Waals surface area contributed by atoms with E-state index >= 15 is 0 Å². The van der Waals surface area contributed by atoms with Crippen LogP contribution in [-0.2, 0) is 17.8 Å². The maximum absolute atomic E-state index is 12.3. The predicted octanol–water partition coefficient (Wildman–Crippen LogP) is 5.82. The molecular formula is C29H32ClN3O3. The SMILES string of the molecule is Cc1ccc(C)c(OCC(=O)NCCCc2nc3ccccc3n2CCOc2ccc(Cl)c(C)c2)c1. The van der Waals surface area contributed by atoms with E-state index in [1.54, 1.807) is 0 Å². The van der Waals surface area contributed by atoms with E-state index in [-0.39, 0.29) is 12.5 Å². The van der Waals surface area contributed by atoms with Crippen LogP contribution in [0.25, 0.3) is 11.0 Å². The van der Waals surface area contributed by atoms with Crippen molar-refractivity contribution >= 4 is 28.5 Å². The Morgan fingerprint density at radius 2 is 1.83 bits per heavy atom. The van der Waals surface area contributed by atoms with Crippen molar-refractivity contribution in [1.29, 1.82) is 0 Å². The van der Waals surface area contributed by atoms with Gasteiger partial charge in [0.2, 0.25) is 0 Å². The van der Waals surface area contributed by atoms with Gasteiger partial charge in [-0.15, -0.1) is 0 Å². The maximum atomic E-state index is 12.3. The van der Waals surface area contributed by atoms with Crippen molar-refractivity contribution in [2.24, 2.45) is 0 Å². The predicted molar refractivity (Wildman–Crippen MR) is 144 cm³/mol. The first-order chi connectivity index (χ1) is 17.4. The normalized spacial score (nSPS) is 11.0. The summed E-state index contributed by atoms with van der Waals surface area (Å²) >= 11 is 6.12. The summed E-state index contributed by atoms with van der Waals surface area (Å²) in [7, 11) is 0. The molecule has 0 saturated carbocycles. The third-order valence-electron chi connectivity index (χ3n) is 6.05. The third kappa shape index (κ3) is 6.58. The number of imidazole rings is 1. The van der Waals surface area contributed by atoms with Crippen molar-refractivity contribution in [3.8, 4) is 11.5 Å². The van der Waals surface area contributed by atoms with Gasteiger partial charge in [0.05, 0.1) is 17.6 Å². The van der Waals surface area contributed by atoms with E-state index in [9.17, 15) is 4.79 Å². The number of carbonyl (C=O) groups excluding carboxylic acids is 1. The molecule has 0 aliphatic carbocycles. The fourth-order valence-corrected chi connectivity index (χ4v) is 4.18. The molecular weight excluding hydrogens is 474 g/mol. The summed E-state index contributed by atoms with van der Waals surface area (Å²) < 4.78 is 13.9. The van der Waals surface area contributed by atoms with Gasteiger partial charge in [0, 0.05) is 18.0 Å². The number of aromatic nitrogens is 2. The number of para-hydroxylation sites is 2. The van der Waals surface area contributed by atoms with E-state index in [1.807, 2.05) is 75.4 Å². The van der Waals surface area contributed by atoms with Crippen LogP contribution in [0.5, 0.6) is 11.5 Å². The Kier molecular flexibility index (Phi) is 8.49. The Morgan fingerprint density at radius 3 is 2.67 bits per heavy atom. The first-order valence-corrected chi connectivity index (χ1v) is 12.6. The molecule has 0 aliphatic heterocycles. The van der Waals surface area contributed by atoms with Crippen LogP contribution in [0.2, 0.25) is 5.02 Å². The Bertz CT molecular complexity index is 1350. The lowest BCUT2D eigenvalue weighted by molar-refractivity contribution is -0.123. The summed E-state index contributed by atoms with van der Waals surface area (Å²) in [5, 5.41) is 3.68. The molecule has 0 aliphatic rings.